The van der Waals surface area contributed by atoms with Gasteiger partial charge in [0.2, 0.25) is 5.91 Å². The third-order valence-corrected chi connectivity index (χ3v) is 6.82. The smallest absolute Gasteiger partial charge is 0.407 e. The van der Waals surface area contributed by atoms with Crippen molar-refractivity contribution in [3.63, 3.8) is 0 Å². The fraction of sp³-hybridized carbons (Fsp3) is 0.423. The Hall–Kier alpha value is -3.35. The minimum absolute atomic E-state index is 0.0340. The van der Waals surface area contributed by atoms with Crippen molar-refractivity contribution in [2.75, 3.05) is 20.2 Å². The topological polar surface area (TPSA) is 95.9 Å². The van der Waals surface area contributed by atoms with Gasteiger partial charge in [-0.1, -0.05) is 55.0 Å². The van der Waals surface area contributed by atoms with E-state index in [0.29, 0.717) is 32.2 Å². The summed E-state index contributed by atoms with van der Waals surface area (Å²) in [5, 5.41) is 12.1. The molecule has 0 saturated heterocycles. The predicted molar refractivity (Wildman–Crippen MR) is 124 cm³/mol. The molecule has 1 saturated carbocycles. The lowest BCUT2D eigenvalue weighted by Crippen LogP contribution is -2.44. The molecule has 0 aliphatic heterocycles. The summed E-state index contributed by atoms with van der Waals surface area (Å²) in [5.74, 6) is -1.03. The number of benzene rings is 2. The minimum atomic E-state index is -0.983. The van der Waals surface area contributed by atoms with Crippen LogP contribution in [0.3, 0.4) is 0 Å². The van der Waals surface area contributed by atoms with Crippen LogP contribution in [-0.4, -0.2) is 53.7 Å². The summed E-state index contributed by atoms with van der Waals surface area (Å²) in [4.78, 5) is 37.1. The van der Waals surface area contributed by atoms with Crippen LogP contribution in [0, 0.1) is 0 Å². The number of fused-ring (bicyclic) bond motifs is 3. The van der Waals surface area contributed by atoms with Gasteiger partial charge in [0.25, 0.3) is 0 Å². The maximum Gasteiger partial charge on any atom is 0.407 e. The molecule has 0 unspecified atom stereocenters. The highest BCUT2D eigenvalue weighted by Crippen LogP contribution is 2.44. The van der Waals surface area contributed by atoms with Crippen molar-refractivity contribution < 1.29 is 24.2 Å². The largest absolute Gasteiger partial charge is 0.479 e. The Kier molecular flexibility index (Phi) is 6.67. The van der Waals surface area contributed by atoms with Gasteiger partial charge in [-0.15, -0.1) is 0 Å². The summed E-state index contributed by atoms with van der Waals surface area (Å²) in [5.41, 5.74) is 3.76. The molecule has 2 N–H and O–H groups in total. The number of nitrogens with one attached hydrogen (secondary N) is 1. The molecule has 0 atom stereocenters. The summed E-state index contributed by atoms with van der Waals surface area (Å²) < 4.78 is 5.52. The van der Waals surface area contributed by atoms with Crippen LogP contribution < -0.4 is 5.32 Å². The number of rotatable bonds is 10. The number of carbonyl (C=O) groups excluding carboxylic acids is 2. The average molecular weight is 451 g/mol. The molecule has 0 heterocycles. The number of alkyl carbamates (subject to hydrolysis) is 1. The summed E-state index contributed by atoms with van der Waals surface area (Å²) in [7, 11) is 1.57. The third-order valence-electron chi connectivity index (χ3n) is 6.82. The Morgan fingerprint density at radius 1 is 1.00 bits per heavy atom. The molecule has 0 spiro atoms. The second-order valence-corrected chi connectivity index (χ2v) is 8.85. The lowest BCUT2D eigenvalue weighted by molar-refractivity contribution is -0.151. The molecule has 0 bridgehead atoms. The van der Waals surface area contributed by atoms with Crippen LogP contribution in [0.2, 0.25) is 0 Å². The van der Waals surface area contributed by atoms with E-state index in [-0.39, 0.29) is 18.4 Å². The van der Waals surface area contributed by atoms with Gasteiger partial charge in [-0.2, -0.15) is 0 Å². The Balaban J connectivity index is 1.15. The number of nitrogens with zero attached hydrogens (tertiary/aromatic N) is 1. The van der Waals surface area contributed by atoms with E-state index in [1.807, 2.05) is 24.3 Å². The number of carboxylic acids is 1. The number of unbranched alkanes of at least 4 members (excludes halogenated alkanes) is 2. The number of aliphatic carboxylic acids is 1. The Morgan fingerprint density at radius 2 is 1.61 bits per heavy atom. The second kappa shape index (κ2) is 9.65. The first-order valence-corrected chi connectivity index (χ1v) is 11.5. The van der Waals surface area contributed by atoms with Gasteiger partial charge in [0.05, 0.1) is 0 Å². The minimum Gasteiger partial charge on any atom is -0.479 e. The van der Waals surface area contributed by atoms with E-state index >= 15 is 0 Å². The highest BCUT2D eigenvalue weighted by atomic mass is 16.5. The van der Waals surface area contributed by atoms with Crippen molar-refractivity contribution in [1.29, 1.82) is 0 Å². The molecule has 0 radical (unpaired) electrons. The zero-order valence-electron chi connectivity index (χ0n) is 18.9. The molecule has 2 aromatic carbocycles. The van der Waals surface area contributed by atoms with Crippen molar-refractivity contribution in [3.8, 4) is 11.1 Å². The zero-order valence-corrected chi connectivity index (χ0v) is 18.9. The summed E-state index contributed by atoms with van der Waals surface area (Å²) >= 11 is 0. The van der Waals surface area contributed by atoms with Crippen molar-refractivity contribution in [2.45, 2.75) is 50.0 Å². The quantitative estimate of drug-likeness (QED) is 0.530. The molecule has 4 rings (SSSR count). The first-order valence-electron chi connectivity index (χ1n) is 11.5. The first-order chi connectivity index (χ1) is 15.9. The van der Waals surface area contributed by atoms with E-state index < -0.39 is 17.6 Å². The standard InChI is InChI=1S/C26H30N2O5/c1-28(26(14-15-26)24(30)31)23(29)13-3-2-8-16-27-25(32)33-17-22-20-11-6-4-9-18(20)19-10-5-7-12-21(19)22/h4-7,9-12,22H,2-3,8,13-17H2,1H3,(H,27,32)(H,30,31). The van der Waals surface area contributed by atoms with Crippen LogP contribution in [0.15, 0.2) is 48.5 Å². The number of carboxylic acid groups (broad SMARTS) is 1. The number of amides is 2. The number of carbonyl (C=O) groups is 3. The monoisotopic (exact) mass is 450 g/mol. The molecular weight excluding hydrogens is 420 g/mol. The van der Waals surface area contributed by atoms with Crippen LogP contribution in [-0.2, 0) is 14.3 Å². The Bertz CT molecular complexity index is 1000. The van der Waals surface area contributed by atoms with Gasteiger partial charge in [0.15, 0.2) is 0 Å². The molecule has 2 amide bonds. The molecule has 33 heavy (non-hydrogen) atoms. The Morgan fingerprint density at radius 3 is 2.18 bits per heavy atom. The summed E-state index contributed by atoms with van der Waals surface area (Å²) in [6.07, 6.45) is 3.07. The normalized spacial score (nSPS) is 15.3. The molecule has 174 valence electrons. The fourth-order valence-corrected chi connectivity index (χ4v) is 4.64. The predicted octanol–water partition coefficient (Wildman–Crippen LogP) is 4.16. The first kappa shape index (κ1) is 22.8. The van der Waals surface area contributed by atoms with E-state index in [4.69, 9.17) is 4.74 Å². The van der Waals surface area contributed by atoms with Crippen molar-refractivity contribution >= 4 is 18.0 Å². The molecule has 7 nitrogen and oxygen atoms in total. The van der Waals surface area contributed by atoms with Crippen molar-refractivity contribution in [1.82, 2.24) is 10.2 Å². The van der Waals surface area contributed by atoms with E-state index in [2.05, 4.69) is 29.6 Å². The van der Waals surface area contributed by atoms with E-state index in [0.717, 1.165) is 12.8 Å². The highest BCUT2D eigenvalue weighted by Gasteiger charge is 2.55. The average Bonchev–Trinajstić information content (AvgIpc) is 3.58. The van der Waals surface area contributed by atoms with E-state index in [1.165, 1.54) is 27.2 Å². The molecule has 2 aliphatic rings. The van der Waals surface area contributed by atoms with Gasteiger partial charge in [0, 0.05) is 25.9 Å². The van der Waals surface area contributed by atoms with Gasteiger partial charge in [-0.05, 0) is 47.9 Å². The highest BCUT2D eigenvalue weighted by molar-refractivity contribution is 5.89. The van der Waals surface area contributed by atoms with Crippen LogP contribution in [0.1, 0.15) is 55.6 Å². The molecular formula is C26H30N2O5. The van der Waals surface area contributed by atoms with Gasteiger partial charge < -0.3 is 20.1 Å². The molecule has 1 fully saturated rings. The van der Waals surface area contributed by atoms with Crippen LogP contribution in [0.25, 0.3) is 11.1 Å². The summed E-state index contributed by atoms with van der Waals surface area (Å²) in [6.45, 7) is 0.756. The number of likely N-dealkylation sites (N-methyl/N-ethyl adjacent to an activating group) is 1. The van der Waals surface area contributed by atoms with Gasteiger partial charge in [0.1, 0.15) is 12.1 Å². The van der Waals surface area contributed by atoms with Crippen LogP contribution >= 0.6 is 0 Å². The molecule has 0 aromatic heterocycles. The van der Waals surface area contributed by atoms with Crippen molar-refractivity contribution in [2.24, 2.45) is 0 Å². The molecule has 2 aliphatic carbocycles. The summed E-state index contributed by atoms with van der Waals surface area (Å²) in [6, 6.07) is 16.4. The third kappa shape index (κ3) is 4.72. The lowest BCUT2D eigenvalue weighted by Gasteiger charge is -2.24. The second-order valence-electron chi connectivity index (χ2n) is 8.85. The fourth-order valence-electron chi connectivity index (χ4n) is 4.64. The van der Waals surface area contributed by atoms with E-state index in [1.54, 1.807) is 7.05 Å². The van der Waals surface area contributed by atoms with Crippen molar-refractivity contribution in [3.05, 3.63) is 59.7 Å². The van der Waals surface area contributed by atoms with Gasteiger partial charge in [-0.3, -0.25) is 4.79 Å². The van der Waals surface area contributed by atoms with Gasteiger partial charge in [-0.25, -0.2) is 9.59 Å². The van der Waals surface area contributed by atoms with Crippen LogP contribution in [0.5, 0.6) is 0 Å². The SMILES string of the molecule is CN(C(=O)CCCCCNC(=O)OCC1c2ccccc2-c2ccccc21)C1(C(=O)O)CC1. The number of ether oxygens (including phenoxy) is 1. The Labute approximate surface area is 193 Å². The molecule has 7 heteroatoms. The van der Waals surface area contributed by atoms with Gasteiger partial charge >= 0.3 is 12.1 Å². The maximum atomic E-state index is 12.2. The zero-order chi connectivity index (χ0) is 23.4. The number of hydrogen-bond donors (Lipinski definition) is 2. The number of hydrogen-bond acceptors (Lipinski definition) is 4. The lowest BCUT2D eigenvalue weighted by atomic mass is 9.98. The van der Waals surface area contributed by atoms with E-state index in [9.17, 15) is 19.5 Å². The van der Waals surface area contributed by atoms with Crippen LogP contribution in [0.4, 0.5) is 4.79 Å². The molecule has 2 aromatic rings. The maximum absolute atomic E-state index is 12.2.